The molecule has 1 saturated carbocycles. The molecule has 2 unspecified atom stereocenters. The molecule has 1 aromatic heterocycles. The summed E-state index contributed by atoms with van der Waals surface area (Å²) in [6.45, 7) is 2.21. The summed E-state index contributed by atoms with van der Waals surface area (Å²) in [5.74, 6) is 3.11. The molecular formula is C17H19NO3. The molecule has 0 aliphatic heterocycles. The lowest BCUT2D eigenvalue weighted by Crippen LogP contribution is -2.12. The molecule has 0 radical (unpaired) electrons. The molecular weight excluding hydrogens is 266 g/mol. The van der Waals surface area contributed by atoms with Gasteiger partial charge in [0.25, 0.3) is 0 Å². The Bertz CT molecular complexity index is 647. The van der Waals surface area contributed by atoms with E-state index in [1.54, 1.807) is 24.3 Å². The van der Waals surface area contributed by atoms with Crippen LogP contribution in [0.15, 0.2) is 40.8 Å². The summed E-state index contributed by atoms with van der Waals surface area (Å²) in [7, 11) is 0. The Morgan fingerprint density at radius 2 is 2.10 bits per heavy atom. The molecule has 1 aromatic carbocycles. The number of anilines is 1. The zero-order chi connectivity index (χ0) is 14.8. The first-order valence-electron chi connectivity index (χ1n) is 7.30. The number of para-hydroxylation sites is 2. The molecule has 4 nitrogen and oxygen atoms in total. The van der Waals surface area contributed by atoms with E-state index in [-0.39, 0.29) is 11.7 Å². The second kappa shape index (κ2) is 5.64. The van der Waals surface area contributed by atoms with Gasteiger partial charge in [-0.05, 0) is 36.6 Å². The van der Waals surface area contributed by atoms with Crippen LogP contribution in [0, 0.1) is 5.92 Å². The number of carbonyl (C=O) groups is 1. The Morgan fingerprint density at radius 1 is 1.33 bits per heavy atom. The van der Waals surface area contributed by atoms with E-state index in [1.807, 2.05) is 12.1 Å². The average molecular weight is 285 g/mol. The molecule has 1 amide bonds. The first-order valence-corrected chi connectivity index (χ1v) is 7.30. The summed E-state index contributed by atoms with van der Waals surface area (Å²) >= 11 is 0. The van der Waals surface area contributed by atoms with E-state index in [4.69, 9.17) is 4.42 Å². The fourth-order valence-electron chi connectivity index (χ4n) is 2.48. The minimum Gasteiger partial charge on any atom is -0.506 e. The molecule has 0 saturated heterocycles. The first kappa shape index (κ1) is 13.7. The molecule has 1 aliphatic rings. The summed E-state index contributed by atoms with van der Waals surface area (Å²) in [6, 6.07) is 10.7. The highest BCUT2D eigenvalue weighted by molar-refractivity contribution is 5.92. The number of aromatic hydroxyl groups is 1. The largest absolute Gasteiger partial charge is 0.506 e. The number of aryl methyl sites for hydroxylation is 1. The Balaban J connectivity index is 1.52. The molecule has 21 heavy (non-hydrogen) atoms. The first-order chi connectivity index (χ1) is 10.1. The number of furan rings is 1. The molecule has 0 bridgehead atoms. The van der Waals surface area contributed by atoms with Crippen LogP contribution in [-0.2, 0) is 11.2 Å². The van der Waals surface area contributed by atoms with Gasteiger partial charge < -0.3 is 14.8 Å². The maximum absolute atomic E-state index is 11.9. The number of hydrogen-bond donors (Lipinski definition) is 2. The number of nitrogens with one attached hydrogen (secondary N) is 1. The number of amides is 1. The Hall–Kier alpha value is -2.23. The fraction of sp³-hybridized carbons (Fsp3) is 0.353. The van der Waals surface area contributed by atoms with E-state index < -0.39 is 0 Å². The highest BCUT2D eigenvalue weighted by Crippen LogP contribution is 2.47. The van der Waals surface area contributed by atoms with Crippen molar-refractivity contribution in [2.75, 3.05) is 5.32 Å². The second-order valence-electron chi connectivity index (χ2n) is 5.69. The molecule has 3 rings (SSSR count). The van der Waals surface area contributed by atoms with Gasteiger partial charge in [0.1, 0.15) is 17.3 Å². The predicted molar refractivity (Wildman–Crippen MR) is 80.3 cm³/mol. The molecule has 2 N–H and O–H groups in total. The number of rotatable bonds is 5. The summed E-state index contributed by atoms with van der Waals surface area (Å²) in [5, 5.41) is 12.3. The van der Waals surface area contributed by atoms with E-state index in [1.165, 1.54) is 6.42 Å². The van der Waals surface area contributed by atoms with E-state index in [0.717, 1.165) is 11.5 Å². The number of phenolic OH excluding ortho intramolecular Hbond substituents is 1. The second-order valence-corrected chi connectivity index (χ2v) is 5.69. The van der Waals surface area contributed by atoms with Crippen LogP contribution in [0.4, 0.5) is 5.69 Å². The van der Waals surface area contributed by atoms with Gasteiger partial charge in [-0.2, -0.15) is 0 Å². The topological polar surface area (TPSA) is 62.5 Å². The van der Waals surface area contributed by atoms with Crippen molar-refractivity contribution in [1.82, 2.24) is 0 Å². The van der Waals surface area contributed by atoms with Crippen LogP contribution in [0.5, 0.6) is 5.75 Å². The third-order valence-corrected chi connectivity index (χ3v) is 3.93. The standard InChI is InChI=1S/C17H19NO3/c1-11-10-13(11)16-8-6-12(21-16)7-9-17(20)18-14-4-2-3-5-15(14)19/h2-6,8,11,13,19H,7,9-10H2,1H3,(H,18,20). The molecule has 110 valence electrons. The van der Waals surface area contributed by atoms with Crippen molar-refractivity contribution in [2.45, 2.75) is 32.1 Å². The minimum absolute atomic E-state index is 0.0776. The van der Waals surface area contributed by atoms with Crippen molar-refractivity contribution in [3.63, 3.8) is 0 Å². The fourth-order valence-corrected chi connectivity index (χ4v) is 2.48. The molecule has 2 aromatic rings. The molecule has 4 heteroatoms. The van der Waals surface area contributed by atoms with E-state index >= 15 is 0 Å². The van der Waals surface area contributed by atoms with Gasteiger partial charge in [-0.1, -0.05) is 19.1 Å². The lowest BCUT2D eigenvalue weighted by Gasteiger charge is -2.06. The monoisotopic (exact) mass is 285 g/mol. The Morgan fingerprint density at radius 3 is 2.81 bits per heavy atom. The maximum Gasteiger partial charge on any atom is 0.224 e. The van der Waals surface area contributed by atoms with Crippen LogP contribution in [0.1, 0.15) is 37.2 Å². The smallest absolute Gasteiger partial charge is 0.224 e. The molecule has 0 spiro atoms. The van der Waals surface area contributed by atoms with Crippen molar-refractivity contribution in [1.29, 1.82) is 0 Å². The third kappa shape index (κ3) is 3.27. The summed E-state index contributed by atoms with van der Waals surface area (Å²) in [5.41, 5.74) is 0.439. The van der Waals surface area contributed by atoms with Crippen LogP contribution in [0.3, 0.4) is 0 Å². The van der Waals surface area contributed by atoms with Crippen molar-refractivity contribution in [2.24, 2.45) is 5.92 Å². The van der Waals surface area contributed by atoms with Gasteiger partial charge in [0.05, 0.1) is 5.69 Å². The van der Waals surface area contributed by atoms with Crippen LogP contribution in [-0.4, -0.2) is 11.0 Å². The number of carbonyl (C=O) groups excluding carboxylic acids is 1. The summed E-state index contributed by atoms with van der Waals surface area (Å²) < 4.78 is 5.77. The van der Waals surface area contributed by atoms with Crippen LogP contribution >= 0.6 is 0 Å². The minimum atomic E-state index is -0.130. The van der Waals surface area contributed by atoms with Gasteiger partial charge in [0.2, 0.25) is 5.91 Å². The van der Waals surface area contributed by atoms with Crippen molar-refractivity contribution < 1.29 is 14.3 Å². The predicted octanol–water partition coefficient (Wildman–Crippen LogP) is 3.68. The Labute approximate surface area is 123 Å². The van der Waals surface area contributed by atoms with E-state index in [9.17, 15) is 9.90 Å². The average Bonchev–Trinajstić information content (AvgIpc) is 3.01. The van der Waals surface area contributed by atoms with Gasteiger partial charge in [-0.25, -0.2) is 0 Å². The molecule has 1 fully saturated rings. The van der Waals surface area contributed by atoms with Crippen LogP contribution in [0.2, 0.25) is 0 Å². The lowest BCUT2D eigenvalue weighted by atomic mass is 10.2. The van der Waals surface area contributed by atoms with Gasteiger partial charge in [0, 0.05) is 18.8 Å². The third-order valence-electron chi connectivity index (χ3n) is 3.93. The van der Waals surface area contributed by atoms with Gasteiger partial charge in [0.15, 0.2) is 0 Å². The summed E-state index contributed by atoms with van der Waals surface area (Å²) in [6.07, 6.45) is 2.10. The van der Waals surface area contributed by atoms with E-state index in [2.05, 4.69) is 12.2 Å². The van der Waals surface area contributed by atoms with Gasteiger partial charge in [-0.3, -0.25) is 4.79 Å². The quantitative estimate of drug-likeness (QED) is 0.824. The van der Waals surface area contributed by atoms with Crippen molar-refractivity contribution >= 4 is 11.6 Å². The SMILES string of the molecule is CC1CC1c1ccc(CCC(=O)Nc2ccccc2O)o1. The highest BCUT2D eigenvalue weighted by atomic mass is 16.3. The maximum atomic E-state index is 11.9. The Kier molecular flexibility index (Phi) is 3.69. The van der Waals surface area contributed by atoms with Crippen molar-refractivity contribution in [3.05, 3.63) is 47.9 Å². The normalized spacial score (nSPS) is 20.2. The number of hydrogen-bond acceptors (Lipinski definition) is 3. The molecule has 2 atom stereocenters. The summed E-state index contributed by atoms with van der Waals surface area (Å²) in [4.78, 5) is 11.9. The number of benzene rings is 1. The van der Waals surface area contributed by atoms with E-state index in [0.29, 0.717) is 30.4 Å². The van der Waals surface area contributed by atoms with Gasteiger partial charge >= 0.3 is 0 Å². The van der Waals surface area contributed by atoms with Crippen molar-refractivity contribution in [3.8, 4) is 5.75 Å². The lowest BCUT2D eigenvalue weighted by molar-refractivity contribution is -0.116. The zero-order valence-corrected chi connectivity index (χ0v) is 12.0. The zero-order valence-electron chi connectivity index (χ0n) is 12.0. The van der Waals surface area contributed by atoms with Crippen LogP contribution < -0.4 is 5.32 Å². The number of phenols is 1. The van der Waals surface area contributed by atoms with Gasteiger partial charge in [-0.15, -0.1) is 0 Å². The van der Waals surface area contributed by atoms with Crippen LogP contribution in [0.25, 0.3) is 0 Å². The highest BCUT2D eigenvalue weighted by Gasteiger charge is 2.36. The molecule has 1 heterocycles. The molecule has 1 aliphatic carbocycles.